The van der Waals surface area contributed by atoms with Crippen LogP contribution in [0.15, 0.2) is 0 Å². The van der Waals surface area contributed by atoms with Crippen LogP contribution in [0.3, 0.4) is 0 Å². The number of nitrogens with zero attached hydrogens (tertiary/aromatic N) is 1. The SMILES string of the molecule is CCCCCCCCCCCCN(C)C.O.O.O.O.O.O.[Al+3].[Cl-].[Cl-].[Cl-]. The molecule has 0 heterocycles. The molecule has 164 valence electrons. The Hall–Kier alpha value is 1.12. The van der Waals surface area contributed by atoms with E-state index in [-0.39, 0.29) is 87.4 Å². The zero-order valence-electron chi connectivity index (χ0n) is 15.9. The molecule has 0 aliphatic carbocycles. The Morgan fingerprint density at radius 3 is 0.960 bits per heavy atom. The first-order valence-corrected chi connectivity index (χ1v) is 6.92. The second-order valence-electron chi connectivity index (χ2n) is 4.99. The van der Waals surface area contributed by atoms with E-state index in [0.717, 1.165) is 0 Å². The number of hydrogen-bond donors (Lipinski definition) is 0. The average Bonchev–Trinajstić information content (AvgIpc) is 2.20. The van der Waals surface area contributed by atoms with Gasteiger partial charge >= 0.3 is 17.4 Å². The van der Waals surface area contributed by atoms with E-state index in [1.54, 1.807) is 0 Å². The molecule has 11 heteroatoms. The summed E-state index contributed by atoms with van der Waals surface area (Å²) in [5, 5.41) is 0. The maximum absolute atomic E-state index is 2.28. The summed E-state index contributed by atoms with van der Waals surface area (Å²) in [6.07, 6.45) is 14.4. The zero-order valence-corrected chi connectivity index (χ0v) is 19.4. The molecule has 0 amide bonds. The first-order valence-electron chi connectivity index (χ1n) is 6.92. The van der Waals surface area contributed by atoms with Crippen LogP contribution in [0.2, 0.25) is 0 Å². The van der Waals surface area contributed by atoms with Crippen LogP contribution in [0.5, 0.6) is 0 Å². The molecule has 7 nitrogen and oxygen atoms in total. The normalized spacial score (nSPS) is 6.72. The van der Waals surface area contributed by atoms with E-state index in [0.29, 0.717) is 0 Å². The Bertz CT molecular complexity index is 147. The Balaban J connectivity index is -0.0000000218. The minimum Gasteiger partial charge on any atom is -1.00 e. The minimum atomic E-state index is 0. The van der Waals surface area contributed by atoms with Crippen molar-refractivity contribution in [3.05, 3.63) is 0 Å². The summed E-state index contributed by atoms with van der Waals surface area (Å²) in [5.74, 6) is 0. The van der Waals surface area contributed by atoms with Gasteiger partial charge in [0, 0.05) is 0 Å². The van der Waals surface area contributed by atoms with Gasteiger partial charge in [0.2, 0.25) is 0 Å². The monoisotopic (exact) mass is 453 g/mol. The summed E-state index contributed by atoms with van der Waals surface area (Å²) in [7, 11) is 4.32. The van der Waals surface area contributed by atoms with Crippen molar-refractivity contribution in [2.45, 2.75) is 71.1 Å². The first-order chi connectivity index (χ1) is 7.27. The van der Waals surface area contributed by atoms with Crippen LogP contribution in [-0.2, 0) is 0 Å². The molecule has 25 heavy (non-hydrogen) atoms. The molecule has 0 unspecified atom stereocenters. The summed E-state index contributed by atoms with van der Waals surface area (Å²) in [6.45, 7) is 3.54. The molecule has 0 bridgehead atoms. The van der Waals surface area contributed by atoms with Gasteiger partial charge in [-0.15, -0.1) is 0 Å². The van der Waals surface area contributed by atoms with E-state index in [1.807, 2.05) is 0 Å². The molecule has 0 aromatic carbocycles. The van der Waals surface area contributed by atoms with Crippen LogP contribution in [0.4, 0.5) is 0 Å². The van der Waals surface area contributed by atoms with E-state index in [9.17, 15) is 0 Å². The van der Waals surface area contributed by atoms with Gasteiger partial charge in [-0.2, -0.15) is 0 Å². The van der Waals surface area contributed by atoms with E-state index in [2.05, 4.69) is 25.9 Å². The molecule has 0 radical (unpaired) electrons. The molecule has 0 aromatic rings. The van der Waals surface area contributed by atoms with Crippen LogP contribution in [0, 0.1) is 0 Å². The third kappa shape index (κ3) is 78.0. The Kier molecular flexibility index (Phi) is 184. The third-order valence-corrected chi connectivity index (χ3v) is 2.96. The van der Waals surface area contributed by atoms with Crippen molar-refractivity contribution in [1.29, 1.82) is 0 Å². The van der Waals surface area contributed by atoms with Crippen LogP contribution in [-0.4, -0.2) is 75.8 Å². The van der Waals surface area contributed by atoms with E-state index in [4.69, 9.17) is 0 Å². The summed E-state index contributed by atoms with van der Waals surface area (Å²) >= 11 is 0. The van der Waals surface area contributed by atoms with E-state index >= 15 is 0 Å². The topological polar surface area (TPSA) is 192 Å². The number of hydrogen-bond acceptors (Lipinski definition) is 1. The van der Waals surface area contributed by atoms with E-state index in [1.165, 1.54) is 70.8 Å². The molecule has 0 atom stereocenters. The van der Waals surface area contributed by atoms with Gasteiger partial charge in [-0.3, -0.25) is 0 Å². The Labute approximate surface area is 183 Å². The van der Waals surface area contributed by atoms with Gasteiger partial charge in [-0.25, -0.2) is 0 Å². The van der Waals surface area contributed by atoms with Crippen molar-refractivity contribution in [3.8, 4) is 0 Å². The molecular weight excluding hydrogens is 411 g/mol. The predicted molar refractivity (Wildman–Crippen MR) is 97.8 cm³/mol. The molecule has 12 N–H and O–H groups in total. The van der Waals surface area contributed by atoms with Crippen LogP contribution in [0.25, 0.3) is 0 Å². The van der Waals surface area contributed by atoms with Crippen LogP contribution in [0.1, 0.15) is 71.1 Å². The van der Waals surface area contributed by atoms with Crippen LogP contribution < -0.4 is 37.2 Å². The fourth-order valence-electron chi connectivity index (χ4n) is 1.92. The maximum atomic E-state index is 2.28. The summed E-state index contributed by atoms with van der Waals surface area (Å²) in [4.78, 5) is 2.28. The number of rotatable bonds is 11. The molecule has 0 aromatic heterocycles. The van der Waals surface area contributed by atoms with Gasteiger partial charge in [-0.1, -0.05) is 64.7 Å². The molecule has 0 rings (SSSR count). The molecule has 0 saturated carbocycles. The second kappa shape index (κ2) is 63.9. The molecular formula is C14H43AlCl3NO6. The first kappa shape index (κ1) is 72.1. The number of halogens is 3. The summed E-state index contributed by atoms with van der Waals surface area (Å²) in [6, 6.07) is 0. The van der Waals surface area contributed by atoms with E-state index < -0.39 is 0 Å². The molecule has 0 saturated heterocycles. The van der Waals surface area contributed by atoms with Gasteiger partial charge in [0.05, 0.1) is 0 Å². The molecule has 0 aliphatic heterocycles. The fourth-order valence-corrected chi connectivity index (χ4v) is 1.92. The fraction of sp³-hybridized carbons (Fsp3) is 1.00. The second-order valence-corrected chi connectivity index (χ2v) is 4.99. The standard InChI is InChI=1S/C14H31N.Al.3ClH.6H2O/c1-4-5-6-7-8-9-10-11-12-13-14-15(2)3;;;;;;;;;;/h4-14H2,1-3H3;;3*1H;6*1H2/q;+3;;;;;;;;;/p-3. The minimum absolute atomic E-state index is 0. The summed E-state index contributed by atoms with van der Waals surface area (Å²) in [5.41, 5.74) is 0. The Morgan fingerprint density at radius 2 is 0.720 bits per heavy atom. The molecule has 0 fully saturated rings. The summed E-state index contributed by atoms with van der Waals surface area (Å²) < 4.78 is 0. The average molecular weight is 455 g/mol. The largest absolute Gasteiger partial charge is 3.00 e. The van der Waals surface area contributed by atoms with Gasteiger partial charge in [0.25, 0.3) is 0 Å². The van der Waals surface area contributed by atoms with Gasteiger partial charge in [0.1, 0.15) is 0 Å². The Morgan fingerprint density at radius 1 is 0.480 bits per heavy atom. The van der Waals surface area contributed by atoms with Gasteiger partial charge in [-0.05, 0) is 27.1 Å². The number of unbranched alkanes of at least 4 members (excludes halogenated alkanes) is 9. The van der Waals surface area contributed by atoms with Crippen molar-refractivity contribution < 1.29 is 70.1 Å². The van der Waals surface area contributed by atoms with Crippen molar-refractivity contribution in [1.82, 2.24) is 4.90 Å². The predicted octanol–water partition coefficient (Wildman–Crippen LogP) is -9.85. The molecule has 0 aliphatic rings. The zero-order chi connectivity index (χ0) is 11.4. The quantitative estimate of drug-likeness (QED) is 0.217. The van der Waals surface area contributed by atoms with Crippen molar-refractivity contribution in [2.24, 2.45) is 0 Å². The van der Waals surface area contributed by atoms with Gasteiger partial charge in [0.15, 0.2) is 0 Å². The smallest absolute Gasteiger partial charge is 1.00 e. The third-order valence-electron chi connectivity index (χ3n) is 2.96. The van der Waals surface area contributed by atoms with Crippen LogP contribution >= 0.6 is 0 Å². The maximum Gasteiger partial charge on any atom is 3.00 e. The van der Waals surface area contributed by atoms with Crippen molar-refractivity contribution in [2.75, 3.05) is 20.6 Å². The van der Waals surface area contributed by atoms with Crippen molar-refractivity contribution in [3.63, 3.8) is 0 Å². The van der Waals surface area contributed by atoms with Gasteiger partial charge < -0.3 is 75.0 Å². The molecule has 0 spiro atoms. The van der Waals surface area contributed by atoms with Crippen molar-refractivity contribution >= 4 is 17.4 Å².